The Morgan fingerprint density at radius 1 is 1.56 bits per heavy atom. The number of aromatic nitrogens is 1. The summed E-state index contributed by atoms with van der Waals surface area (Å²) in [6.07, 6.45) is 0. The number of nitrogens with two attached hydrogens (primary N) is 1. The molecule has 1 aromatic carbocycles. The summed E-state index contributed by atoms with van der Waals surface area (Å²) in [6.45, 7) is 3.80. The first-order chi connectivity index (χ1) is 8.65. The van der Waals surface area contributed by atoms with Crippen molar-refractivity contribution < 1.29 is 9.34 Å². The summed E-state index contributed by atoms with van der Waals surface area (Å²) in [5.41, 5.74) is 6.52. The zero-order valence-corrected chi connectivity index (χ0v) is 10.00. The van der Waals surface area contributed by atoms with Crippen molar-refractivity contribution >= 4 is 22.8 Å². The lowest BCUT2D eigenvalue weighted by Crippen LogP contribution is -2.29. The van der Waals surface area contributed by atoms with Crippen molar-refractivity contribution in [2.24, 2.45) is 5.73 Å². The Morgan fingerprint density at radius 2 is 2.33 bits per heavy atom. The van der Waals surface area contributed by atoms with Crippen molar-refractivity contribution in [3.8, 4) is 0 Å². The van der Waals surface area contributed by atoms with Gasteiger partial charge in [-0.25, -0.2) is 0 Å². The van der Waals surface area contributed by atoms with Crippen molar-refractivity contribution in [3.63, 3.8) is 0 Å². The fourth-order valence-corrected chi connectivity index (χ4v) is 1.70. The number of nitro groups is 1. The fourth-order valence-electron chi connectivity index (χ4n) is 1.70. The second-order valence-electron chi connectivity index (χ2n) is 3.77. The van der Waals surface area contributed by atoms with E-state index in [0.717, 1.165) is 0 Å². The smallest absolute Gasteiger partial charge is 0.298 e. The number of oxazole rings is 1. The number of fused-ring (bicyclic) bond motifs is 1. The van der Waals surface area contributed by atoms with E-state index in [1.807, 2.05) is 11.8 Å². The zero-order chi connectivity index (χ0) is 13.1. The molecule has 1 heterocycles. The SMILES string of the molecule is CCN(CCN)c1nc2cc([N+](=O)[O-])ccc2o1. The highest BCUT2D eigenvalue weighted by Crippen LogP contribution is 2.25. The van der Waals surface area contributed by atoms with Gasteiger partial charge in [-0.05, 0) is 13.0 Å². The molecule has 0 aliphatic heterocycles. The summed E-state index contributed by atoms with van der Waals surface area (Å²) in [6, 6.07) is 4.80. The Morgan fingerprint density at radius 3 is 2.94 bits per heavy atom. The average Bonchev–Trinajstić information content (AvgIpc) is 2.78. The molecule has 0 aliphatic carbocycles. The minimum Gasteiger partial charge on any atom is -0.423 e. The van der Waals surface area contributed by atoms with Gasteiger partial charge in [-0.1, -0.05) is 0 Å². The number of benzene rings is 1. The van der Waals surface area contributed by atoms with Gasteiger partial charge in [0.1, 0.15) is 5.52 Å². The summed E-state index contributed by atoms with van der Waals surface area (Å²) < 4.78 is 5.55. The van der Waals surface area contributed by atoms with Crippen molar-refractivity contribution in [2.45, 2.75) is 6.92 Å². The number of hydrogen-bond acceptors (Lipinski definition) is 6. The number of nitro benzene ring substituents is 1. The van der Waals surface area contributed by atoms with E-state index in [1.165, 1.54) is 12.1 Å². The van der Waals surface area contributed by atoms with Gasteiger partial charge >= 0.3 is 0 Å². The predicted molar refractivity (Wildman–Crippen MR) is 67.6 cm³/mol. The quantitative estimate of drug-likeness (QED) is 0.638. The van der Waals surface area contributed by atoms with Gasteiger partial charge in [-0.15, -0.1) is 0 Å². The van der Waals surface area contributed by atoms with Crippen LogP contribution in [0.25, 0.3) is 11.1 Å². The van der Waals surface area contributed by atoms with Crippen LogP contribution in [0.1, 0.15) is 6.92 Å². The van der Waals surface area contributed by atoms with Gasteiger partial charge in [0, 0.05) is 31.8 Å². The molecule has 0 spiro atoms. The standard InChI is InChI=1S/C11H14N4O3/c1-2-14(6-5-12)11-13-9-7-8(15(16)17)3-4-10(9)18-11/h3-4,7H,2,5-6,12H2,1H3. The van der Waals surface area contributed by atoms with E-state index in [-0.39, 0.29) is 5.69 Å². The first-order valence-electron chi connectivity index (χ1n) is 5.65. The van der Waals surface area contributed by atoms with Gasteiger partial charge in [-0.3, -0.25) is 10.1 Å². The van der Waals surface area contributed by atoms with Crippen LogP contribution in [0.5, 0.6) is 0 Å². The Labute approximate surface area is 103 Å². The third kappa shape index (κ3) is 2.25. The molecular formula is C11H14N4O3. The molecule has 7 heteroatoms. The molecule has 96 valence electrons. The van der Waals surface area contributed by atoms with Crippen LogP contribution < -0.4 is 10.6 Å². The number of likely N-dealkylation sites (N-methyl/N-ethyl adjacent to an activating group) is 1. The van der Waals surface area contributed by atoms with E-state index in [0.29, 0.717) is 36.7 Å². The van der Waals surface area contributed by atoms with Crippen LogP contribution in [-0.4, -0.2) is 29.5 Å². The molecular weight excluding hydrogens is 236 g/mol. The Hall–Kier alpha value is -2.15. The second kappa shape index (κ2) is 5.01. The Balaban J connectivity index is 2.40. The third-order valence-electron chi connectivity index (χ3n) is 2.62. The predicted octanol–water partition coefficient (Wildman–Crippen LogP) is 1.52. The van der Waals surface area contributed by atoms with Crippen LogP contribution in [0, 0.1) is 10.1 Å². The molecule has 0 unspecified atom stereocenters. The van der Waals surface area contributed by atoms with Crippen LogP contribution >= 0.6 is 0 Å². The highest BCUT2D eigenvalue weighted by atomic mass is 16.6. The maximum Gasteiger partial charge on any atom is 0.298 e. The van der Waals surface area contributed by atoms with Gasteiger partial charge in [0.15, 0.2) is 5.58 Å². The largest absolute Gasteiger partial charge is 0.423 e. The average molecular weight is 250 g/mol. The number of hydrogen-bond donors (Lipinski definition) is 1. The normalized spacial score (nSPS) is 10.8. The molecule has 18 heavy (non-hydrogen) atoms. The number of non-ortho nitro benzene ring substituents is 1. The van der Waals surface area contributed by atoms with E-state index in [2.05, 4.69) is 4.98 Å². The van der Waals surface area contributed by atoms with Crippen molar-refractivity contribution in [3.05, 3.63) is 28.3 Å². The molecule has 7 nitrogen and oxygen atoms in total. The van der Waals surface area contributed by atoms with Crippen molar-refractivity contribution in [2.75, 3.05) is 24.5 Å². The third-order valence-corrected chi connectivity index (χ3v) is 2.62. The van der Waals surface area contributed by atoms with Gasteiger partial charge in [0.25, 0.3) is 11.7 Å². The highest BCUT2D eigenvalue weighted by molar-refractivity contribution is 5.77. The monoisotopic (exact) mass is 250 g/mol. The van der Waals surface area contributed by atoms with E-state index < -0.39 is 4.92 Å². The fraction of sp³-hybridized carbons (Fsp3) is 0.364. The highest BCUT2D eigenvalue weighted by Gasteiger charge is 2.14. The maximum atomic E-state index is 10.7. The van der Waals surface area contributed by atoms with E-state index in [1.54, 1.807) is 6.07 Å². The van der Waals surface area contributed by atoms with Crippen LogP contribution in [0.15, 0.2) is 22.6 Å². The lowest BCUT2D eigenvalue weighted by Gasteiger charge is -2.16. The van der Waals surface area contributed by atoms with Gasteiger partial charge in [0.2, 0.25) is 0 Å². The second-order valence-corrected chi connectivity index (χ2v) is 3.77. The van der Waals surface area contributed by atoms with Gasteiger partial charge in [-0.2, -0.15) is 4.98 Å². The summed E-state index contributed by atoms with van der Waals surface area (Å²) in [7, 11) is 0. The summed E-state index contributed by atoms with van der Waals surface area (Å²) in [4.78, 5) is 16.3. The maximum absolute atomic E-state index is 10.7. The molecule has 2 N–H and O–H groups in total. The molecule has 0 saturated heterocycles. The van der Waals surface area contributed by atoms with Crippen LogP contribution in [-0.2, 0) is 0 Å². The molecule has 0 fully saturated rings. The van der Waals surface area contributed by atoms with E-state index >= 15 is 0 Å². The van der Waals surface area contributed by atoms with Crippen molar-refractivity contribution in [1.29, 1.82) is 0 Å². The minimum atomic E-state index is -0.453. The Kier molecular flexibility index (Phi) is 3.42. The lowest BCUT2D eigenvalue weighted by atomic mass is 10.3. The number of rotatable bonds is 5. The van der Waals surface area contributed by atoms with Crippen LogP contribution in [0.2, 0.25) is 0 Å². The van der Waals surface area contributed by atoms with Crippen LogP contribution in [0.3, 0.4) is 0 Å². The zero-order valence-electron chi connectivity index (χ0n) is 10.00. The minimum absolute atomic E-state index is 0.00391. The molecule has 2 rings (SSSR count). The molecule has 0 aliphatic rings. The molecule has 2 aromatic rings. The topological polar surface area (TPSA) is 98.4 Å². The van der Waals surface area contributed by atoms with E-state index in [9.17, 15) is 10.1 Å². The van der Waals surface area contributed by atoms with Crippen LogP contribution in [0.4, 0.5) is 11.7 Å². The number of anilines is 1. The molecule has 0 atom stereocenters. The molecule has 1 aromatic heterocycles. The molecule has 0 bridgehead atoms. The number of nitrogens with zero attached hydrogens (tertiary/aromatic N) is 3. The Bertz CT molecular complexity index is 566. The first-order valence-corrected chi connectivity index (χ1v) is 5.65. The van der Waals surface area contributed by atoms with Crippen molar-refractivity contribution in [1.82, 2.24) is 4.98 Å². The first kappa shape index (κ1) is 12.3. The van der Waals surface area contributed by atoms with Gasteiger partial charge < -0.3 is 15.1 Å². The molecule has 0 radical (unpaired) electrons. The summed E-state index contributed by atoms with van der Waals surface area (Å²) >= 11 is 0. The van der Waals surface area contributed by atoms with E-state index in [4.69, 9.17) is 10.2 Å². The molecule has 0 amide bonds. The molecule has 0 saturated carbocycles. The van der Waals surface area contributed by atoms with Gasteiger partial charge in [0.05, 0.1) is 4.92 Å². The lowest BCUT2D eigenvalue weighted by molar-refractivity contribution is -0.384. The summed E-state index contributed by atoms with van der Waals surface area (Å²) in [5, 5.41) is 10.7. The summed E-state index contributed by atoms with van der Waals surface area (Å²) in [5.74, 6) is 0.